The Kier molecular flexibility index (Phi) is 4.22. The van der Waals surface area contributed by atoms with E-state index in [1.54, 1.807) is 7.11 Å². The third-order valence-electron chi connectivity index (χ3n) is 2.81. The summed E-state index contributed by atoms with van der Waals surface area (Å²) < 4.78 is 6.07. The highest BCUT2D eigenvalue weighted by atomic mass is 127. The number of hydrogen-bond donors (Lipinski definition) is 1. The Hall–Kier alpha value is -0.820. The molecule has 4 nitrogen and oxygen atoms in total. The molecule has 1 saturated heterocycles. The minimum absolute atomic E-state index is 0.110. The molecule has 1 aliphatic rings. The van der Waals surface area contributed by atoms with Crippen LogP contribution in [0.25, 0.3) is 0 Å². The van der Waals surface area contributed by atoms with Gasteiger partial charge in [0.1, 0.15) is 5.75 Å². The van der Waals surface area contributed by atoms with Gasteiger partial charge < -0.3 is 15.0 Å². The Morgan fingerprint density at radius 1 is 1.41 bits per heavy atom. The van der Waals surface area contributed by atoms with E-state index in [1.807, 2.05) is 23.1 Å². The fraction of sp³-hybridized carbons (Fsp3) is 0.417. The van der Waals surface area contributed by atoms with Crippen molar-refractivity contribution in [1.29, 1.82) is 0 Å². The molecule has 1 amide bonds. The van der Waals surface area contributed by atoms with Crippen LogP contribution in [0.1, 0.15) is 10.4 Å². The Morgan fingerprint density at radius 3 is 2.71 bits per heavy atom. The highest BCUT2D eigenvalue weighted by Crippen LogP contribution is 2.21. The zero-order valence-electron chi connectivity index (χ0n) is 9.70. The second kappa shape index (κ2) is 5.68. The fourth-order valence-electron chi connectivity index (χ4n) is 1.83. The lowest BCUT2D eigenvalue weighted by atomic mass is 10.2. The molecule has 1 fully saturated rings. The van der Waals surface area contributed by atoms with Crippen LogP contribution in [-0.2, 0) is 0 Å². The maximum atomic E-state index is 12.3. The molecule has 2 rings (SSSR count). The van der Waals surface area contributed by atoms with Crippen molar-refractivity contribution in [3.63, 3.8) is 0 Å². The average Bonchev–Trinajstić information content (AvgIpc) is 2.39. The Morgan fingerprint density at radius 2 is 2.12 bits per heavy atom. The van der Waals surface area contributed by atoms with Crippen molar-refractivity contribution in [2.24, 2.45) is 0 Å². The maximum absolute atomic E-state index is 12.3. The van der Waals surface area contributed by atoms with Crippen molar-refractivity contribution >= 4 is 28.5 Å². The van der Waals surface area contributed by atoms with E-state index in [-0.39, 0.29) is 5.91 Å². The number of nitrogens with zero attached hydrogens (tertiary/aromatic N) is 1. The molecule has 1 N–H and O–H groups in total. The fourth-order valence-corrected chi connectivity index (χ4v) is 2.55. The first-order valence-electron chi connectivity index (χ1n) is 5.56. The zero-order chi connectivity index (χ0) is 12.3. The third kappa shape index (κ3) is 2.90. The number of benzene rings is 1. The number of carbonyl (C=O) groups excluding carboxylic acids is 1. The summed E-state index contributed by atoms with van der Waals surface area (Å²) in [4.78, 5) is 14.2. The lowest BCUT2D eigenvalue weighted by Crippen LogP contribution is -2.46. The van der Waals surface area contributed by atoms with Crippen molar-refractivity contribution in [2.75, 3.05) is 33.3 Å². The highest BCUT2D eigenvalue weighted by molar-refractivity contribution is 14.1. The number of methoxy groups -OCH3 is 1. The van der Waals surface area contributed by atoms with Crippen LogP contribution >= 0.6 is 22.6 Å². The number of halogens is 1. The molecule has 5 heteroatoms. The highest BCUT2D eigenvalue weighted by Gasteiger charge is 2.19. The first-order chi connectivity index (χ1) is 8.22. The van der Waals surface area contributed by atoms with Crippen LogP contribution in [0, 0.1) is 3.57 Å². The van der Waals surface area contributed by atoms with Crippen LogP contribution in [0.2, 0.25) is 0 Å². The molecular formula is C12H15IN2O2. The van der Waals surface area contributed by atoms with E-state index in [9.17, 15) is 4.79 Å². The van der Waals surface area contributed by atoms with E-state index in [0.717, 1.165) is 41.1 Å². The molecule has 0 spiro atoms. The van der Waals surface area contributed by atoms with Gasteiger partial charge in [0.2, 0.25) is 0 Å². The zero-order valence-corrected chi connectivity index (χ0v) is 11.9. The van der Waals surface area contributed by atoms with Crippen molar-refractivity contribution in [3.05, 3.63) is 27.3 Å². The monoisotopic (exact) mass is 346 g/mol. The molecule has 0 aliphatic carbocycles. The van der Waals surface area contributed by atoms with E-state index in [1.165, 1.54) is 0 Å². The van der Waals surface area contributed by atoms with Crippen molar-refractivity contribution in [3.8, 4) is 5.75 Å². The normalized spacial score (nSPS) is 15.8. The van der Waals surface area contributed by atoms with E-state index in [2.05, 4.69) is 27.9 Å². The molecule has 1 aromatic rings. The van der Waals surface area contributed by atoms with Gasteiger partial charge in [0.15, 0.2) is 0 Å². The summed E-state index contributed by atoms with van der Waals surface area (Å²) in [6.45, 7) is 3.30. The van der Waals surface area contributed by atoms with Crippen LogP contribution in [0.4, 0.5) is 0 Å². The first kappa shape index (κ1) is 12.6. The lowest BCUT2D eigenvalue weighted by Gasteiger charge is -2.27. The first-order valence-corrected chi connectivity index (χ1v) is 6.64. The molecule has 1 aliphatic heterocycles. The summed E-state index contributed by atoms with van der Waals surface area (Å²) >= 11 is 2.18. The Labute approximate surface area is 114 Å². The number of nitrogens with one attached hydrogen (secondary N) is 1. The minimum Gasteiger partial charge on any atom is -0.497 e. The quantitative estimate of drug-likeness (QED) is 0.822. The predicted molar refractivity (Wildman–Crippen MR) is 74.5 cm³/mol. The number of carbonyl (C=O) groups is 1. The van der Waals surface area contributed by atoms with Gasteiger partial charge in [-0.05, 0) is 40.8 Å². The van der Waals surface area contributed by atoms with E-state index in [4.69, 9.17) is 4.74 Å². The van der Waals surface area contributed by atoms with Crippen molar-refractivity contribution in [1.82, 2.24) is 10.2 Å². The number of ether oxygens (including phenoxy) is 1. The van der Waals surface area contributed by atoms with Crippen LogP contribution < -0.4 is 10.1 Å². The summed E-state index contributed by atoms with van der Waals surface area (Å²) in [6.07, 6.45) is 0. The summed E-state index contributed by atoms with van der Waals surface area (Å²) in [7, 11) is 1.63. The standard InChI is InChI=1S/C12H15IN2O2/c1-17-9-2-3-10(11(13)8-9)12(16)15-6-4-14-5-7-15/h2-3,8,14H,4-7H2,1H3. The molecular weight excluding hydrogens is 331 g/mol. The maximum Gasteiger partial charge on any atom is 0.255 e. The number of amides is 1. The van der Waals surface area contributed by atoms with Crippen LogP contribution in [0.5, 0.6) is 5.75 Å². The molecule has 1 heterocycles. The van der Waals surface area contributed by atoms with Gasteiger partial charge in [-0.1, -0.05) is 0 Å². The molecule has 1 aromatic carbocycles. The minimum atomic E-state index is 0.110. The summed E-state index contributed by atoms with van der Waals surface area (Å²) in [5.74, 6) is 0.893. The molecule has 0 saturated carbocycles. The molecule has 92 valence electrons. The third-order valence-corrected chi connectivity index (χ3v) is 3.70. The SMILES string of the molecule is COc1ccc(C(=O)N2CCNCC2)c(I)c1. The Bertz CT molecular complexity index is 417. The largest absolute Gasteiger partial charge is 0.497 e. The molecule has 0 bridgehead atoms. The van der Waals surface area contributed by atoms with Gasteiger partial charge >= 0.3 is 0 Å². The van der Waals surface area contributed by atoms with Gasteiger partial charge in [-0.2, -0.15) is 0 Å². The van der Waals surface area contributed by atoms with Crippen molar-refractivity contribution in [2.45, 2.75) is 0 Å². The number of rotatable bonds is 2. The molecule has 0 aromatic heterocycles. The smallest absolute Gasteiger partial charge is 0.255 e. The van der Waals surface area contributed by atoms with Gasteiger partial charge in [0.05, 0.1) is 12.7 Å². The number of piperazine rings is 1. The second-order valence-corrected chi connectivity index (χ2v) is 5.05. The average molecular weight is 346 g/mol. The van der Waals surface area contributed by atoms with Gasteiger partial charge in [-0.3, -0.25) is 4.79 Å². The summed E-state index contributed by atoms with van der Waals surface area (Å²) in [5.41, 5.74) is 0.758. The summed E-state index contributed by atoms with van der Waals surface area (Å²) in [5, 5.41) is 3.24. The Balaban J connectivity index is 2.18. The van der Waals surface area contributed by atoms with Gasteiger partial charge in [-0.15, -0.1) is 0 Å². The molecule has 0 unspecified atom stereocenters. The van der Waals surface area contributed by atoms with E-state index >= 15 is 0 Å². The molecule has 0 atom stereocenters. The second-order valence-electron chi connectivity index (χ2n) is 3.89. The van der Waals surface area contributed by atoms with Gasteiger partial charge in [-0.25, -0.2) is 0 Å². The van der Waals surface area contributed by atoms with E-state index in [0.29, 0.717) is 0 Å². The van der Waals surface area contributed by atoms with E-state index < -0.39 is 0 Å². The predicted octanol–water partition coefficient (Wildman–Crippen LogP) is 1.35. The van der Waals surface area contributed by atoms with Crippen molar-refractivity contribution < 1.29 is 9.53 Å². The van der Waals surface area contributed by atoms with Gasteiger partial charge in [0, 0.05) is 29.7 Å². The van der Waals surface area contributed by atoms with Crippen LogP contribution in [0.3, 0.4) is 0 Å². The lowest BCUT2D eigenvalue weighted by molar-refractivity contribution is 0.0734. The molecule has 0 radical (unpaired) electrons. The topological polar surface area (TPSA) is 41.6 Å². The number of hydrogen-bond acceptors (Lipinski definition) is 3. The summed E-state index contributed by atoms with van der Waals surface area (Å²) in [6, 6.07) is 5.55. The van der Waals surface area contributed by atoms with Crippen LogP contribution in [-0.4, -0.2) is 44.1 Å². The molecule has 17 heavy (non-hydrogen) atoms. The van der Waals surface area contributed by atoms with Crippen LogP contribution in [0.15, 0.2) is 18.2 Å². The van der Waals surface area contributed by atoms with Gasteiger partial charge in [0.25, 0.3) is 5.91 Å².